The molecule has 0 bridgehead atoms. The third-order valence-electron chi connectivity index (χ3n) is 7.33. The molecule has 0 atom stereocenters. The maximum absolute atomic E-state index is 12.5. The molecule has 0 aliphatic rings. The van der Waals surface area contributed by atoms with Crippen molar-refractivity contribution in [2.45, 2.75) is 40.4 Å². The molecule has 0 aliphatic carbocycles. The van der Waals surface area contributed by atoms with Crippen LogP contribution in [0.2, 0.25) is 5.28 Å². The number of nitrogens with one attached hydrogen (secondary N) is 2. The van der Waals surface area contributed by atoms with E-state index < -0.39 is 111 Å². The molecule has 1 aromatic heterocycles. The summed E-state index contributed by atoms with van der Waals surface area (Å²) in [5.74, 6) is -2.04. The van der Waals surface area contributed by atoms with E-state index in [1.807, 2.05) is 0 Å². The number of aromatic nitrogens is 3. The van der Waals surface area contributed by atoms with Crippen molar-refractivity contribution in [1.29, 1.82) is 0 Å². The first kappa shape index (κ1) is 42.8. The van der Waals surface area contributed by atoms with Gasteiger partial charge in [-0.25, -0.2) is 0 Å². The topological polar surface area (TPSA) is 325 Å². The minimum Gasteiger partial charge on any atom is -0.505 e. The van der Waals surface area contributed by atoms with Gasteiger partial charge in [0, 0.05) is 34.9 Å². The second-order valence-electron chi connectivity index (χ2n) is 11.1. The van der Waals surface area contributed by atoms with Crippen molar-refractivity contribution in [3.8, 4) is 5.75 Å². The number of nitrogens with zero attached hydrogens (tertiary/aromatic N) is 5. The molecule has 0 saturated heterocycles. The number of fused-ring (bicyclic) bond motifs is 1. The third kappa shape index (κ3) is 9.47. The number of aromatic hydroxyl groups is 1. The van der Waals surface area contributed by atoms with Gasteiger partial charge in [0.25, 0.3) is 40.5 Å². The van der Waals surface area contributed by atoms with Crippen molar-refractivity contribution in [1.82, 2.24) is 15.0 Å². The van der Waals surface area contributed by atoms with E-state index in [0.717, 1.165) is 24.3 Å². The minimum absolute atomic E-state index is 0. The van der Waals surface area contributed by atoms with E-state index in [9.17, 15) is 57.0 Å². The Balaban J connectivity index is 0.00000650. The van der Waals surface area contributed by atoms with E-state index >= 15 is 0 Å². The Morgan fingerprint density at radius 1 is 0.630 bits per heavy atom. The number of azo groups is 1. The number of phenolic OH excluding ortho intramolecular Hbond substituents is 1. The zero-order chi connectivity index (χ0) is 39.4. The van der Waals surface area contributed by atoms with Crippen molar-refractivity contribution in [2.24, 2.45) is 10.2 Å². The molecule has 1 heterocycles. The molecule has 0 spiro atoms. The summed E-state index contributed by atoms with van der Waals surface area (Å²) in [6, 6.07) is 8.31. The largest absolute Gasteiger partial charge is 0.505 e. The van der Waals surface area contributed by atoms with Crippen LogP contribution in [0.1, 0.15) is 16.7 Å². The van der Waals surface area contributed by atoms with Crippen LogP contribution in [0.15, 0.2) is 78.3 Å². The van der Waals surface area contributed by atoms with Crippen LogP contribution in [0.5, 0.6) is 5.75 Å². The van der Waals surface area contributed by atoms with Crippen molar-refractivity contribution in [3.63, 3.8) is 0 Å². The standard InChI is InChI=1S/C28H24ClN7O13S4.Na/c1-12-4-5-17(20(6-12)51(41,42)43)30-27-32-26(29)33-28(34-27)31-19-11-16(50(38,39)40)9-15-10-22(53(47,48)49)24(25(37)23(15)19)36-35-18-7-13(2)14(3)8-21(18)52(44,45)46;/h4-11,37H,1-3H3,(H,38,39,40)(H,41,42,43)(H,44,45,46)(H,47,48,49)(H2,30,31,32,33,34);. The first-order valence-electron chi connectivity index (χ1n) is 14.2. The predicted octanol–water partition coefficient (Wildman–Crippen LogP) is 4.82. The van der Waals surface area contributed by atoms with Gasteiger partial charge in [0.2, 0.25) is 17.2 Å². The molecule has 5 aromatic rings. The first-order chi connectivity index (χ1) is 24.3. The van der Waals surface area contributed by atoms with E-state index in [-0.39, 0.29) is 35.2 Å². The van der Waals surface area contributed by atoms with Crippen molar-refractivity contribution < 1.29 is 57.0 Å². The molecule has 26 heteroatoms. The molecular formula is C28H24ClN7NaO13S4. The number of phenols is 1. The average Bonchev–Trinajstić information content (AvgIpc) is 3.00. The molecule has 0 aliphatic heterocycles. The summed E-state index contributed by atoms with van der Waals surface area (Å²) in [4.78, 5) is 8.44. The Labute approximate surface area is 334 Å². The van der Waals surface area contributed by atoms with Crippen LogP contribution in [-0.2, 0) is 40.5 Å². The van der Waals surface area contributed by atoms with Crippen LogP contribution in [-0.4, -0.2) is 101 Å². The number of halogens is 1. The van der Waals surface area contributed by atoms with Crippen LogP contribution in [0.25, 0.3) is 10.8 Å². The van der Waals surface area contributed by atoms with Crippen LogP contribution in [0.4, 0.5) is 34.6 Å². The Morgan fingerprint density at radius 2 is 1.19 bits per heavy atom. The van der Waals surface area contributed by atoms with Gasteiger partial charge in [-0.05, 0) is 96.9 Å². The number of benzene rings is 4. The van der Waals surface area contributed by atoms with Crippen LogP contribution >= 0.6 is 11.6 Å². The number of rotatable bonds is 10. The fraction of sp³-hybridized carbons (Fsp3) is 0.107. The van der Waals surface area contributed by atoms with Gasteiger partial charge < -0.3 is 15.7 Å². The van der Waals surface area contributed by atoms with Gasteiger partial charge in [-0.3, -0.25) is 18.2 Å². The summed E-state index contributed by atoms with van der Waals surface area (Å²) < 4.78 is 137. The summed E-state index contributed by atoms with van der Waals surface area (Å²) in [6.45, 7) is 4.66. The molecule has 0 unspecified atom stereocenters. The molecule has 5 rings (SSSR count). The van der Waals surface area contributed by atoms with Crippen LogP contribution in [0, 0.1) is 20.8 Å². The molecule has 0 fully saturated rings. The normalized spacial score (nSPS) is 12.5. The smallest absolute Gasteiger partial charge is 0.296 e. The van der Waals surface area contributed by atoms with E-state index in [0.29, 0.717) is 22.8 Å². The molecule has 1 radical (unpaired) electrons. The van der Waals surface area contributed by atoms with Gasteiger partial charge in [0.1, 0.15) is 26.1 Å². The quantitative estimate of drug-likeness (QED) is 0.0562. The van der Waals surface area contributed by atoms with E-state index in [2.05, 4.69) is 35.8 Å². The predicted molar refractivity (Wildman–Crippen MR) is 193 cm³/mol. The fourth-order valence-electron chi connectivity index (χ4n) is 4.81. The molecule has 4 aromatic carbocycles. The Hall–Kier alpha value is -3.92. The maximum Gasteiger partial charge on any atom is 0.296 e. The molecule has 0 saturated carbocycles. The molecule has 0 amide bonds. The summed E-state index contributed by atoms with van der Waals surface area (Å²) in [5.41, 5.74) is -0.807. The Bertz CT molecular complexity index is 2860. The number of hydrogen-bond donors (Lipinski definition) is 7. The zero-order valence-corrected chi connectivity index (χ0v) is 33.9. The van der Waals surface area contributed by atoms with Crippen LogP contribution < -0.4 is 10.6 Å². The molecule has 20 nitrogen and oxygen atoms in total. The Kier molecular flexibility index (Phi) is 12.1. The van der Waals surface area contributed by atoms with Gasteiger partial charge in [0.05, 0.1) is 16.3 Å². The monoisotopic (exact) mass is 852 g/mol. The van der Waals surface area contributed by atoms with Crippen molar-refractivity contribution >= 4 is 127 Å². The van der Waals surface area contributed by atoms with E-state index in [1.165, 1.54) is 25.1 Å². The van der Waals surface area contributed by atoms with Gasteiger partial charge in [-0.15, -0.1) is 10.2 Å². The summed E-state index contributed by atoms with van der Waals surface area (Å²) >= 11 is 6.07. The maximum atomic E-state index is 12.5. The van der Waals surface area contributed by atoms with E-state index in [1.54, 1.807) is 13.8 Å². The van der Waals surface area contributed by atoms with Crippen molar-refractivity contribution in [3.05, 3.63) is 70.5 Å². The SMILES string of the molecule is Cc1ccc(Nc2nc(Cl)nc(Nc3cc(S(=O)(=O)O)cc4cc(S(=O)(=O)O)c(N=Nc5cc(C)c(C)cc5S(=O)(=O)O)c(O)c34)n2)c(S(=O)(=O)O)c1.[Na]. The molecule has 54 heavy (non-hydrogen) atoms. The first-order valence-corrected chi connectivity index (χ1v) is 20.3. The summed E-state index contributed by atoms with van der Waals surface area (Å²) in [7, 11) is -20.0. The van der Waals surface area contributed by atoms with Gasteiger partial charge in [0.15, 0.2) is 5.75 Å². The second kappa shape index (κ2) is 15.3. The van der Waals surface area contributed by atoms with Gasteiger partial charge >= 0.3 is 0 Å². The number of hydrogen-bond acceptors (Lipinski definition) is 16. The zero-order valence-electron chi connectivity index (χ0n) is 27.9. The average molecular weight is 853 g/mol. The van der Waals surface area contributed by atoms with Gasteiger partial charge in [-0.1, -0.05) is 6.07 Å². The van der Waals surface area contributed by atoms with E-state index in [4.69, 9.17) is 11.6 Å². The molecular weight excluding hydrogens is 829 g/mol. The van der Waals surface area contributed by atoms with Crippen LogP contribution in [0.3, 0.4) is 0 Å². The number of anilines is 4. The Morgan fingerprint density at radius 3 is 1.74 bits per heavy atom. The second-order valence-corrected chi connectivity index (χ2v) is 17.1. The fourth-order valence-corrected chi connectivity index (χ4v) is 7.59. The number of aryl methyl sites for hydroxylation is 3. The summed E-state index contributed by atoms with van der Waals surface area (Å²) in [6.07, 6.45) is 0. The summed E-state index contributed by atoms with van der Waals surface area (Å²) in [5, 5.41) is 22.5. The molecule has 7 N–H and O–H groups in total. The van der Waals surface area contributed by atoms with Gasteiger partial charge in [-0.2, -0.15) is 48.6 Å². The third-order valence-corrected chi connectivity index (χ3v) is 11.0. The minimum atomic E-state index is -5.32. The molecule has 281 valence electrons. The van der Waals surface area contributed by atoms with Crippen molar-refractivity contribution in [2.75, 3.05) is 10.6 Å².